The number of morpholine rings is 1. The molecule has 1 aliphatic rings. The summed E-state index contributed by atoms with van der Waals surface area (Å²) in [7, 11) is 3.24. The number of hydrogen-bond donors (Lipinski definition) is 1. The van der Waals surface area contributed by atoms with Gasteiger partial charge < -0.3 is 19.5 Å². The number of ether oxygens (including phenoxy) is 3. The van der Waals surface area contributed by atoms with Crippen LogP contribution in [0, 0.1) is 0 Å². The van der Waals surface area contributed by atoms with Crippen molar-refractivity contribution in [2.24, 2.45) is 0 Å². The zero-order valence-electron chi connectivity index (χ0n) is 15.0. The Kier molecular flexibility index (Phi) is 6.87. The van der Waals surface area contributed by atoms with E-state index in [4.69, 9.17) is 14.2 Å². The molecule has 134 valence electrons. The standard InChI is InChI=1S/C18H28N2O4/c1-13-12-20(9-10-24-13)14(2)18(21)19-8-7-15-5-6-16(22-3)17(11-15)23-4/h5-6,11,13-14H,7-10,12H2,1-4H3,(H,19,21). The molecule has 1 aromatic carbocycles. The minimum atomic E-state index is -0.137. The highest BCUT2D eigenvalue weighted by molar-refractivity contribution is 5.81. The van der Waals surface area contributed by atoms with Crippen LogP contribution in [0.2, 0.25) is 0 Å². The van der Waals surface area contributed by atoms with Gasteiger partial charge in [0, 0.05) is 19.6 Å². The largest absolute Gasteiger partial charge is 0.493 e. The van der Waals surface area contributed by atoms with Gasteiger partial charge in [-0.3, -0.25) is 9.69 Å². The lowest BCUT2D eigenvalue weighted by Crippen LogP contribution is -2.51. The molecule has 1 fully saturated rings. The third kappa shape index (κ3) is 4.85. The molecule has 0 saturated carbocycles. The van der Waals surface area contributed by atoms with E-state index in [2.05, 4.69) is 10.2 Å². The van der Waals surface area contributed by atoms with Gasteiger partial charge in [0.1, 0.15) is 0 Å². The molecule has 1 heterocycles. The van der Waals surface area contributed by atoms with Crippen LogP contribution in [0.25, 0.3) is 0 Å². The van der Waals surface area contributed by atoms with Gasteiger partial charge in [-0.1, -0.05) is 6.07 Å². The molecule has 6 heteroatoms. The monoisotopic (exact) mass is 336 g/mol. The van der Waals surface area contributed by atoms with E-state index in [0.29, 0.717) is 24.7 Å². The van der Waals surface area contributed by atoms with Gasteiger partial charge in [0.2, 0.25) is 5.91 Å². The second kappa shape index (κ2) is 8.89. The molecule has 2 atom stereocenters. The van der Waals surface area contributed by atoms with Crippen LogP contribution < -0.4 is 14.8 Å². The van der Waals surface area contributed by atoms with E-state index in [9.17, 15) is 4.79 Å². The average molecular weight is 336 g/mol. The summed E-state index contributed by atoms with van der Waals surface area (Å²) in [6.45, 7) is 6.86. The molecule has 2 rings (SSSR count). The van der Waals surface area contributed by atoms with E-state index in [1.807, 2.05) is 32.0 Å². The predicted octanol–water partition coefficient (Wildman–Crippen LogP) is 1.47. The lowest BCUT2D eigenvalue weighted by atomic mass is 10.1. The van der Waals surface area contributed by atoms with Crippen LogP contribution in [0.5, 0.6) is 11.5 Å². The Morgan fingerprint density at radius 2 is 2.12 bits per heavy atom. The molecule has 0 radical (unpaired) electrons. The van der Waals surface area contributed by atoms with Crippen molar-refractivity contribution in [1.29, 1.82) is 0 Å². The zero-order valence-corrected chi connectivity index (χ0v) is 15.0. The Balaban J connectivity index is 1.81. The number of hydrogen-bond acceptors (Lipinski definition) is 5. The first-order valence-corrected chi connectivity index (χ1v) is 8.39. The Morgan fingerprint density at radius 3 is 2.79 bits per heavy atom. The van der Waals surface area contributed by atoms with Crippen molar-refractivity contribution in [3.05, 3.63) is 23.8 Å². The Hall–Kier alpha value is -1.79. The van der Waals surface area contributed by atoms with Crippen LogP contribution in [-0.2, 0) is 16.0 Å². The molecular formula is C18H28N2O4. The number of nitrogens with zero attached hydrogens (tertiary/aromatic N) is 1. The molecule has 0 aromatic heterocycles. The van der Waals surface area contributed by atoms with Crippen molar-refractivity contribution in [3.63, 3.8) is 0 Å². The van der Waals surface area contributed by atoms with Gasteiger partial charge >= 0.3 is 0 Å². The lowest BCUT2D eigenvalue weighted by molar-refractivity contribution is -0.128. The smallest absolute Gasteiger partial charge is 0.237 e. The Labute approximate surface area is 144 Å². The Bertz CT molecular complexity index is 550. The first-order chi connectivity index (χ1) is 11.5. The van der Waals surface area contributed by atoms with E-state index in [0.717, 1.165) is 25.1 Å². The molecule has 0 aliphatic carbocycles. The predicted molar refractivity (Wildman–Crippen MR) is 92.7 cm³/mol. The summed E-state index contributed by atoms with van der Waals surface area (Å²) < 4.78 is 16.1. The van der Waals surface area contributed by atoms with Gasteiger partial charge in [-0.2, -0.15) is 0 Å². The van der Waals surface area contributed by atoms with E-state index in [-0.39, 0.29) is 18.1 Å². The summed E-state index contributed by atoms with van der Waals surface area (Å²) in [6.07, 6.45) is 0.930. The molecule has 0 spiro atoms. The maximum absolute atomic E-state index is 12.3. The fourth-order valence-corrected chi connectivity index (χ4v) is 2.88. The van der Waals surface area contributed by atoms with E-state index in [1.165, 1.54) is 0 Å². The topological polar surface area (TPSA) is 60.0 Å². The van der Waals surface area contributed by atoms with Gasteiger partial charge in [-0.25, -0.2) is 0 Å². The summed E-state index contributed by atoms with van der Waals surface area (Å²) in [4.78, 5) is 14.5. The second-order valence-electron chi connectivity index (χ2n) is 6.08. The number of rotatable bonds is 7. The van der Waals surface area contributed by atoms with Crippen molar-refractivity contribution >= 4 is 5.91 Å². The number of methoxy groups -OCH3 is 2. The van der Waals surface area contributed by atoms with E-state index in [1.54, 1.807) is 14.2 Å². The fraction of sp³-hybridized carbons (Fsp3) is 0.611. The molecule has 1 amide bonds. The van der Waals surface area contributed by atoms with Crippen molar-refractivity contribution in [2.75, 3.05) is 40.5 Å². The molecule has 1 aromatic rings. The van der Waals surface area contributed by atoms with Crippen LogP contribution in [0.4, 0.5) is 0 Å². The minimum absolute atomic E-state index is 0.0598. The van der Waals surface area contributed by atoms with Crippen molar-refractivity contribution in [3.8, 4) is 11.5 Å². The SMILES string of the molecule is COc1ccc(CCNC(=O)C(C)N2CCOC(C)C2)cc1OC. The molecule has 1 N–H and O–H groups in total. The molecule has 0 bridgehead atoms. The summed E-state index contributed by atoms with van der Waals surface area (Å²) in [5.41, 5.74) is 1.10. The third-order valence-electron chi connectivity index (χ3n) is 4.36. The molecule has 6 nitrogen and oxygen atoms in total. The average Bonchev–Trinajstić information content (AvgIpc) is 2.60. The van der Waals surface area contributed by atoms with Crippen molar-refractivity contribution < 1.29 is 19.0 Å². The summed E-state index contributed by atoms with van der Waals surface area (Å²) in [5, 5.41) is 3.02. The van der Waals surface area contributed by atoms with Gasteiger partial charge in [0.25, 0.3) is 0 Å². The highest BCUT2D eigenvalue weighted by Gasteiger charge is 2.25. The Morgan fingerprint density at radius 1 is 1.38 bits per heavy atom. The van der Waals surface area contributed by atoms with Crippen molar-refractivity contribution in [1.82, 2.24) is 10.2 Å². The van der Waals surface area contributed by atoms with Crippen LogP contribution in [0.3, 0.4) is 0 Å². The third-order valence-corrected chi connectivity index (χ3v) is 4.36. The summed E-state index contributed by atoms with van der Waals surface area (Å²) in [6, 6.07) is 5.67. The second-order valence-corrected chi connectivity index (χ2v) is 6.08. The van der Waals surface area contributed by atoms with Gasteiger partial charge in [-0.15, -0.1) is 0 Å². The van der Waals surface area contributed by atoms with E-state index < -0.39 is 0 Å². The van der Waals surface area contributed by atoms with Gasteiger partial charge in [0.15, 0.2) is 11.5 Å². The van der Waals surface area contributed by atoms with Crippen molar-refractivity contribution in [2.45, 2.75) is 32.4 Å². The van der Waals surface area contributed by atoms with Crippen LogP contribution in [0.1, 0.15) is 19.4 Å². The molecule has 1 saturated heterocycles. The lowest BCUT2D eigenvalue weighted by Gasteiger charge is -2.34. The number of carbonyl (C=O) groups is 1. The maximum atomic E-state index is 12.3. The van der Waals surface area contributed by atoms with Gasteiger partial charge in [0.05, 0.1) is 33.0 Å². The fourth-order valence-electron chi connectivity index (χ4n) is 2.88. The molecule has 24 heavy (non-hydrogen) atoms. The van der Waals surface area contributed by atoms with Crippen LogP contribution >= 0.6 is 0 Å². The maximum Gasteiger partial charge on any atom is 0.237 e. The molecule has 2 unspecified atom stereocenters. The highest BCUT2D eigenvalue weighted by Crippen LogP contribution is 2.27. The molecule has 1 aliphatic heterocycles. The van der Waals surface area contributed by atoms with Crippen LogP contribution in [-0.4, -0.2) is 63.4 Å². The first-order valence-electron chi connectivity index (χ1n) is 8.39. The summed E-state index contributed by atoms with van der Waals surface area (Å²) in [5.74, 6) is 1.47. The highest BCUT2D eigenvalue weighted by atomic mass is 16.5. The van der Waals surface area contributed by atoms with Gasteiger partial charge in [-0.05, 0) is 38.0 Å². The number of amides is 1. The quantitative estimate of drug-likeness (QED) is 0.817. The zero-order chi connectivity index (χ0) is 17.5. The van der Waals surface area contributed by atoms with Crippen LogP contribution in [0.15, 0.2) is 18.2 Å². The van der Waals surface area contributed by atoms with E-state index >= 15 is 0 Å². The first kappa shape index (κ1) is 18.5. The number of carbonyl (C=O) groups excluding carboxylic acids is 1. The number of benzene rings is 1. The summed E-state index contributed by atoms with van der Waals surface area (Å²) >= 11 is 0. The minimum Gasteiger partial charge on any atom is -0.493 e. The molecular weight excluding hydrogens is 308 g/mol. The normalized spacial score (nSPS) is 19.6. The number of nitrogens with one attached hydrogen (secondary N) is 1.